The van der Waals surface area contributed by atoms with Gasteiger partial charge in [0.2, 0.25) is 5.91 Å². The minimum absolute atomic E-state index is 0.0193. The first-order valence-corrected chi connectivity index (χ1v) is 16.0. The van der Waals surface area contributed by atoms with Crippen LogP contribution in [-0.2, 0) is 25.5 Å². The van der Waals surface area contributed by atoms with E-state index in [-0.39, 0.29) is 55.5 Å². The van der Waals surface area contributed by atoms with E-state index < -0.39 is 36.4 Å². The summed E-state index contributed by atoms with van der Waals surface area (Å²) in [6.07, 6.45) is -4.15. The minimum Gasteiger partial charge on any atom is -0.489 e. The predicted octanol–water partition coefficient (Wildman–Crippen LogP) is 3.97. The molecule has 2 aromatic carbocycles. The molecule has 1 saturated heterocycles. The monoisotopic (exact) mass is 690 g/mol. The van der Waals surface area contributed by atoms with Gasteiger partial charge in [0.25, 0.3) is 5.91 Å². The van der Waals surface area contributed by atoms with Crippen LogP contribution in [0.4, 0.5) is 24.5 Å². The number of carbonyl (C=O) groups is 3. The maximum absolute atomic E-state index is 13.7. The summed E-state index contributed by atoms with van der Waals surface area (Å²) in [6.45, 7) is 0.857. The van der Waals surface area contributed by atoms with Crippen LogP contribution in [0.2, 0.25) is 0 Å². The molecule has 6 N–H and O–H groups in total. The van der Waals surface area contributed by atoms with Gasteiger partial charge in [0.15, 0.2) is 0 Å². The Hall–Kier alpha value is -4.52. The van der Waals surface area contributed by atoms with E-state index in [9.17, 15) is 32.7 Å². The Labute approximate surface area is 279 Å². The Bertz CT molecular complexity index is 1660. The lowest BCUT2D eigenvalue weighted by molar-refractivity contribution is -0.143. The first kappa shape index (κ1) is 36.3. The van der Waals surface area contributed by atoms with E-state index in [1.807, 2.05) is 6.07 Å². The number of esters is 1. The second-order valence-corrected chi connectivity index (χ2v) is 11.9. The van der Waals surface area contributed by atoms with E-state index in [0.717, 1.165) is 25.6 Å². The lowest BCUT2D eigenvalue weighted by Gasteiger charge is -2.24. The van der Waals surface area contributed by atoms with Crippen molar-refractivity contribution in [1.29, 1.82) is 0 Å². The second-order valence-electron chi connectivity index (χ2n) is 10.9. The quantitative estimate of drug-likeness (QED) is 0.125. The number of amides is 2. The smallest absolute Gasteiger partial charge is 0.393 e. The Kier molecular flexibility index (Phi) is 12.9. The van der Waals surface area contributed by atoms with Crippen LogP contribution in [0.1, 0.15) is 46.5 Å². The number of nitrogens with two attached hydrogens (primary N) is 1. The Morgan fingerprint density at radius 3 is 2.62 bits per heavy atom. The summed E-state index contributed by atoms with van der Waals surface area (Å²) in [7, 11) is 1.15. The molecule has 258 valence electrons. The molecule has 1 aliphatic rings. The van der Waals surface area contributed by atoms with Crippen molar-refractivity contribution in [2.75, 3.05) is 50.7 Å². The highest BCUT2D eigenvalue weighted by Gasteiger charge is 2.31. The fourth-order valence-corrected chi connectivity index (χ4v) is 6.26. The van der Waals surface area contributed by atoms with Crippen molar-refractivity contribution in [3.63, 3.8) is 0 Å². The molecule has 1 aliphatic heterocycles. The maximum Gasteiger partial charge on any atom is 0.393 e. The van der Waals surface area contributed by atoms with Crippen LogP contribution in [0.3, 0.4) is 0 Å². The summed E-state index contributed by atoms with van der Waals surface area (Å²) in [4.78, 5) is 36.6. The summed E-state index contributed by atoms with van der Waals surface area (Å²) in [6, 6.07) is 8.70. The highest BCUT2D eigenvalue weighted by Crippen LogP contribution is 2.39. The normalized spacial score (nSPS) is 14.0. The number of fused-ring (bicyclic) bond motifs is 1. The van der Waals surface area contributed by atoms with Crippen molar-refractivity contribution < 1.29 is 46.9 Å². The molecule has 1 fully saturated rings. The molecule has 1 atom stereocenters. The van der Waals surface area contributed by atoms with Crippen LogP contribution in [0.25, 0.3) is 10.1 Å². The molecule has 2 heterocycles. The number of halogens is 3. The van der Waals surface area contributed by atoms with Crippen molar-refractivity contribution in [3.8, 4) is 17.6 Å². The number of alkyl halides is 3. The van der Waals surface area contributed by atoms with E-state index in [2.05, 4.69) is 27.8 Å². The van der Waals surface area contributed by atoms with E-state index in [0.29, 0.717) is 33.9 Å². The fourth-order valence-electron chi connectivity index (χ4n) is 5.09. The van der Waals surface area contributed by atoms with Gasteiger partial charge in [0.1, 0.15) is 18.4 Å². The summed E-state index contributed by atoms with van der Waals surface area (Å²) in [5.74, 6) is 3.96. The van der Waals surface area contributed by atoms with Crippen LogP contribution in [-0.4, -0.2) is 81.2 Å². The third-order valence-electron chi connectivity index (χ3n) is 7.41. The van der Waals surface area contributed by atoms with Gasteiger partial charge in [0, 0.05) is 31.2 Å². The van der Waals surface area contributed by atoms with Crippen molar-refractivity contribution in [3.05, 3.63) is 52.4 Å². The fraction of sp³-hybridized carbons (Fsp3) is 0.424. The number of anilines is 2. The second kappa shape index (κ2) is 17.0. The highest BCUT2D eigenvalue weighted by molar-refractivity contribution is 7.20. The minimum atomic E-state index is -4.43. The van der Waals surface area contributed by atoms with Gasteiger partial charge < -0.3 is 41.0 Å². The van der Waals surface area contributed by atoms with Gasteiger partial charge in [-0.25, -0.2) is 4.79 Å². The number of hydrogen-bond donors (Lipinski definition) is 5. The molecule has 0 bridgehead atoms. The Balaban J connectivity index is 1.53. The first-order valence-electron chi connectivity index (χ1n) is 15.2. The van der Waals surface area contributed by atoms with Gasteiger partial charge in [-0.2, -0.15) is 13.2 Å². The Morgan fingerprint density at radius 1 is 1.17 bits per heavy atom. The third kappa shape index (κ3) is 10.2. The predicted molar refractivity (Wildman–Crippen MR) is 175 cm³/mol. The molecule has 15 heteroatoms. The molecular formula is C33H37F3N4O7S. The van der Waals surface area contributed by atoms with Crippen molar-refractivity contribution in [1.82, 2.24) is 5.32 Å². The molecule has 11 nitrogen and oxygen atoms in total. The highest BCUT2D eigenvalue weighted by atomic mass is 32.1. The van der Waals surface area contributed by atoms with Crippen molar-refractivity contribution in [2.45, 2.75) is 50.4 Å². The van der Waals surface area contributed by atoms with Crippen LogP contribution < -0.4 is 26.4 Å². The topological polar surface area (TPSA) is 161 Å². The average Bonchev–Trinajstić information content (AvgIpc) is 3.40. The standard InChI is InChI=1S/C33H37F3N4O7S/c1-45-32(44)26(9-10-29(37)42)40-31(43)20-7-8-24(27(18-20)47-17-14-41)38-13-3-6-28-23(19-33(34,35)36)22-4-2-5-25(30(22)48-28)39-21-11-15-46-16-12-21/h2,4-5,7-8,18,21,26,38-39,41H,9-17,19H2,1H3,(H2,37,42)(H,40,43). The van der Waals surface area contributed by atoms with Crippen LogP contribution in [0, 0.1) is 11.8 Å². The summed E-state index contributed by atoms with van der Waals surface area (Å²) in [5, 5.41) is 18.8. The number of aliphatic hydroxyl groups excluding tert-OH is 1. The molecule has 3 aromatic rings. The molecule has 1 unspecified atom stereocenters. The summed E-state index contributed by atoms with van der Waals surface area (Å²) < 4.78 is 57.4. The number of hydrogen-bond acceptors (Lipinski definition) is 10. The largest absolute Gasteiger partial charge is 0.489 e. The molecule has 4 rings (SSSR count). The van der Waals surface area contributed by atoms with E-state index in [1.54, 1.807) is 12.1 Å². The number of methoxy groups -OCH3 is 1. The van der Waals surface area contributed by atoms with Gasteiger partial charge in [0.05, 0.1) is 47.6 Å². The number of ether oxygens (including phenoxy) is 3. The average molecular weight is 691 g/mol. The van der Waals surface area contributed by atoms with E-state index in [4.69, 9.17) is 19.9 Å². The first-order chi connectivity index (χ1) is 23.0. The number of rotatable bonds is 14. The lowest BCUT2D eigenvalue weighted by atomic mass is 10.1. The zero-order valence-electron chi connectivity index (χ0n) is 26.2. The zero-order valence-corrected chi connectivity index (χ0v) is 27.0. The van der Waals surface area contributed by atoms with Gasteiger partial charge in [-0.3, -0.25) is 9.59 Å². The van der Waals surface area contributed by atoms with Gasteiger partial charge in [-0.05, 0) is 54.5 Å². The number of nitrogens with one attached hydrogen (secondary N) is 3. The number of primary amides is 1. The molecule has 0 radical (unpaired) electrons. The maximum atomic E-state index is 13.7. The van der Waals surface area contributed by atoms with Crippen LogP contribution in [0.5, 0.6) is 5.75 Å². The molecular weight excluding hydrogens is 653 g/mol. The lowest BCUT2D eigenvalue weighted by Crippen LogP contribution is -2.42. The molecule has 0 aliphatic carbocycles. The third-order valence-corrected chi connectivity index (χ3v) is 8.61. The Morgan fingerprint density at radius 2 is 1.94 bits per heavy atom. The van der Waals surface area contributed by atoms with Crippen molar-refractivity contribution >= 4 is 50.6 Å². The number of thiophene rings is 1. The van der Waals surface area contributed by atoms with Crippen LogP contribution >= 0.6 is 11.3 Å². The number of benzene rings is 2. The molecule has 48 heavy (non-hydrogen) atoms. The summed E-state index contributed by atoms with van der Waals surface area (Å²) >= 11 is 1.21. The van der Waals surface area contributed by atoms with E-state index >= 15 is 0 Å². The molecule has 2 amide bonds. The van der Waals surface area contributed by atoms with E-state index in [1.165, 1.54) is 29.5 Å². The van der Waals surface area contributed by atoms with Gasteiger partial charge in [-0.1, -0.05) is 24.0 Å². The summed E-state index contributed by atoms with van der Waals surface area (Å²) in [5.41, 5.74) is 6.57. The molecule has 1 aromatic heterocycles. The number of aliphatic hydroxyl groups is 1. The van der Waals surface area contributed by atoms with Gasteiger partial charge >= 0.3 is 12.1 Å². The SMILES string of the molecule is COC(=O)C(CCC(N)=O)NC(=O)c1ccc(NCC#Cc2sc3c(NC4CCOCC4)cccc3c2CC(F)(F)F)c(OCCO)c1. The van der Waals surface area contributed by atoms with Gasteiger partial charge in [-0.15, -0.1) is 11.3 Å². The van der Waals surface area contributed by atoms with Crippen molar-refractivity contribution in [2.24, 2.45) is 5.73 Å². The molecule has 0 saturated carbocycles. The van der Waals surface area contributed by atoms with Crippen LogP contribution in [0.15, 0.2) is 36.4 Å². The number of carbonyl (C=O) groups excluding carboxylic acids is 3. The molecule has 0 spiro atoms. The zero-order chi connectivity index (χ0) is 34.7.